The van der Waals surface area contributed by atoms with E-state index < -0.39 is 9.85 Å². The van der Waals surface area contributed by atoms with Crippen LogP contribution in [0, 0.1) is 20.2 Å². The predicted molar refractivity (Wildman–Crippen MR) is 66.4 cm³/mol. The van der Waals surface area contributed by atoms with Crippen molar-refractivity contribution < 1.29 is 9.85 Å². The lowest BCUT2D eigenvalue weighted by Crippen LogP contribution is -1.80. The SMILES string of the molecule is Nc1ncc([N+](=O)[O-])s1.Nc1ncc([N+](=O)[O-])s1. The Morgan fingerprint density at radius 3 is 1.39 bits per heavy atom. The lowest BCUT2D eigenvalue weighted by molar-refractivity contribution is -0.380. The van der Waals surface area contributed by atoms with E-state index in [2.05, 4.69) is 9.97 Å². The van der Waals surface area contributed by atoms with Crippen LogP contribution in [0.25, 0.3) is 0 Å². The van der Waals surface area contributed by atoms with Crippen molar-refractivity contribution in [3.8, 4) is 0 Å². The molecule has 0 aliphatic rings. The largest absolute Gasteiger partial charge is 0.375 e. The lowest BCUT2D eigenvalue weighted by Gasteiger charge is -1.76. The molecule has 0 aliphatic heterocycles. The van der Waals surface area contributed by atoms with Gasteiger partial charge in [0.1, 0.15) is 12.4 Å². The van der Waals surface area contributed by atoms with Gasteiger partial charge in [-0.05, 0) is 22.7 Å². The zero-order valence-electron chi connectivity index (χ0n) is 8.55. The summed E-state index contributed by atoms with van der Waals surface area (Å²) in [6, 6.07) is 0. The van der Waals surface area contributed by atoms with Gasteiger partial charge in [0, 0.05) is 0 Å². The summed E-state index contributed by atoms with van der Waals surface area (Å²) in [5.41, 5.74) is 10.2. The molecule has 0 aliphatic carbocycles. The molecule has 0 unspecified atom stereocenters. The molecule has 0 atom stereocenters. The third-order valence-electron chi connectivity index (χ3n) is 1.38. The highest BCUT2D eigenvalue weighted by atomic mass is 32.1. The summed E-state index contributed by atoms with van der Waals surface area (Å²) in [4.78, 5) is 25.8. The monoisotopic (exact) mass is 290 g/mol. The van der Waals surface area contributed by atoms with Gasteiger partial charge in [0.15, 0.2) is 10.3 Å². The van der Waals surface area contributed by atoms with Gasteiger partial charge in [0.05, 0.1) is 9.85 Å². The van der Waals surface area contributed by atoms with Crippen molar-refractivity contribution in [3.05, 3.63) is 32.6 Å². The van der Waals surface area contributed by atoms with E-state index in [1.807, 2.05) is 0 Å². The molecule has 4 N–H and O–H groups in total. The van der Waals surface area contributed by atoms with E-state index in [9.17, 15) is 20.2 Å². The molecule has 2 aromatic rings. The minimum atomic E-state index is -0.520. The maximum Gasteiger partial charge on any atom is 0.345 e. The molecule has 18 heavy (non-hydrogen) atoms. The third-order valence-corrected chi connectivity index (χ3v) is 2.94. The molecular weight excluding hydrogens is 284 g/mol. The van der Waals surface area contributed by atoms with Crippen LogP contribution in [0.1, 0.15) is 0 Å². The molecule has 10 nitrogen and oxygen atoms in total. The fourth-order valence-electron chi connectivity index (χ4n) is 0.726. The zero-order valence-corrected chi connectivity index (χ0v) is 10.2. The Labute approximate surface area is 107 Å². The molecule has 0 radical (unpaired) electrons. The van der Waals surface area contributed by atoms with Crippen molar-refractivity contribution in [2.45, 2.75) is 0 Å². The minimum absolute atomic E-state index is 0.0208. The average molecular weight is 290 g/mol. The fraction of sp³-hybridized carbons (Fsp3) is 0. The Kier molecular flexibility index (Phi) is 4.45. The van der Waals surface area contributed by atoms with Crippen LogP contribution < -0.4 is 11.5 Å². The van der Waals surface area contributed by atoms with Gasteiger partial charge in [-0.1, -0.05) is 0 Å². The Bertz CT molecular complexity index is 516. The van der Waals surface area contributed by atoms with E-state index in [0.717, 1.165) is 35.1 Å². The van der Waals surface area contributed by atoms with Gasteiger partial charge in [-0.15, -0.1) is 0 Å². The normalized spacial score (nSPS) is 9.33. The number of nitrogen functional groups attached to an aromatic ring is 2. The highest BCUT2D eigenvalue weighted by molar-refractivity contribution is 7.18. The van der Waals surface area contributed by atoms with E-state index in [4.69, 9.17) is 11.5 Å². The van der Waals surface area contributed by atoms with Crippen molar-refractivity contribution in [2.75, 3.05) is 11.5 Å². The Hall–Kier alpha value is -2.34. The van der Waals surface area contributed by atoms with Crippen molar-refractivity contribution in [1.29, 1.82) is 0 Å². The molecule has 2 heterocycles. The van der Waals surface area contributed by atoms with Crippen LogP contribution in [0.5, 0.6) is 0 Å². The van der Waals surface area contributed by atoms with Crippen LogP contribution >= 0.6 is 22.7 Å². The predicted octanol–water partition coefficient (Wildman–Crippen LogP) is 1.27. The van der Waals surface area contributed by atoms with Gasteiger partial charge >= 0.3 is 10.0 Å². The second kappa shape index (κ2) is 5.83. The number of nitrogens with zero attached hydrogens (tertiary/aromatic N) is 4. The molecule has 0 amide bonds. The molecule has 0 saturated carbocycles. The molecule has 0 bridgehead atoms. The van der Waals surface area contributed by atoms with Crippen LogP contribution in [0.4, 0.5) is 20.3 Å². The Morgan fingerprint density at radius 2 is 1.28 bits per heavy atom. The van der Waals surface area contributed by atoms with Crippen LogP contribution in [0.3, 0.4) is 0 Å². The summed E-state index contributed by atoms with van der Waals surface area (Å²) in [5.74, 6) is 0. The summed E-state index contributed by atoms with van der Waals surface area (Å²) in [5, 5.41) is 20.3. The minimum Gasteiger partial charge on any atom is -0.375 e. The van der Waals surface area contributed by atoms with Crippen LogP contribution in [0.15, 0.2) is 12.4 Å². The summed E-state index contributed by atoms with van der Waals surface area (Å²) >= 11 is 1.73. The van der Waals surface area contributed by atoms with Crippen molar-refractivity contribution >= 4 is 42.9 Å². The molecule has 12 heteroatoms. The summed E-state index contributed by atoms with van der Waals surface area (Å²) in [7, 11) is 0. The van der Waals surface area contributed by atoms with Crippen molar-refractivity contribution in [3.63, 3.8) is 0 Å². The van der Waals surface area contributed by atoms with Gasteiger partial charge < -0.3 is 11.5 Å². The maximum atomic E-state index is 9.93. The number of thiazole rings is 2. The second-order valence-electron chi connectivity index (χ2n) is 2.59. The summed E-state index contributed by atoms with van der Waals surface area (Å²) in [6.45, 7) is 0. The molecule has 0 fully saturated rings. The molecule has 96 valence electrons. The zero-order chi connectivity index (χ0) is 13.7. The lowest BCUT2D eigenvalue weighted by atomic mass is 10.9. The first-order valence-corrected chi connectivity index (χ1v) is 5.75. The molecule has 2 rings (SSSR count). The summed E-state index contributed by atoms with van der Waals surface area (Å²) in [6.07, 6.45) is 2.28. The second-order valence-corrected chi connectivity index (χ2v) is 4.67. The first kappa shape index (κ1) is 13.7. The van der Waals surface area contributed by atoms with E-state index in [1.54, 1.807) is 0 Å². The summed E-state index contributed by atoms with van der Waals surface area (Å²) < 4.78 is 0. The molecule has 0 spiro atoms. The highest BCUT2D eigenvalue weighted by Gasteiger charge is 2.08. The average Bonchev–Trinajstić information content (AvgIpc) is 2.88. The number of aromatic nitrogens is 2. The molecule has 0 aromatic carbocycles. The van der Waals surface area contributed by atoms with E-state index >= 15 is 0 Å². The molecule has 2 aromatic heterocycles. The number of hydrogen-bond acceptors (Lipinski definition) is 10. The molecular formula is C6H6N6O4S2. The maximum absolute atomic E-state index is 9.93. The first-order chi connectivity index (χ1) is 8.40. The number of anilines is 2. The van der Waals surface area contributed by atoms with Crippen LogP contribution in [-0.2, 0) is 0 Å². The van der Waals surface area contributed by atoms with Crippen LogP contribution in [0.2, 0.25) is 0 Å². The van der Waals surface area contributed by atoms with E-state index in [1.165, 1.54) is 0 Å². The smallest absolute Gasteiger partial charge is 0.345 e. The number of nitro groups is 2. The van der Waals surface area contributed by atoms with Crippen LogP contribution in [-0.4, -0.2) is 19.8 Å². The Balaban J connectivity index is 0.000000180. The van der Waals surface area contributed by atoms with Gasteiger partial charge in [0.2, 0.25) is 0 Å². The third kappa shape index (κ3) is 3.91. The van der Waals surface area contributed by atoms with E-state index in [-0.39, 0.29) is 20.3 Å². The fourth-order valence-corrected chi connectivity index (χ4v) is 1.73. The number of nitrogens with two attached hydrogens (primary N) is 2. The van der Waals surface area contributed by atoms with Crippen molar-refractivity contribution in [2.24, 2.45) is 0 Å². The number of rotatable bonds is 2. The standard InChI is InChI=1S/2C3H3N3O2S/c2*4-3-5-1-2(9-3)6(7)8/h2*1H,(H2,4,5). The van der Waals surface area contributed by atoms with Gasteiger partial charge in [-0.3, -0.25) is 20.2 Å². The first-order valence-electron chi connectivity index (χ1n) is 4.11. The van der Waals surface area contributed by atoms with Gasteiger partial charge in [-0.2, -0.15) is 0 Å². The molecule has 0 saturated heterocycles. The topological polar surface area (TPSA) is 164 Å². The quantitative estimate of drug-likeness (QED) is 0.616. The van der Waals surface area contributed by atoms with E-state index in [0.29, 0.717) is 0 Å². The highest BCUT2D eigenvalue weighted by Crippen LogP contribution is 2.22. The number of hydrogen-bond donors (Lipinski definition) is 2. The van der Waals surface area contributed by atoms with Gasteiger partial charge in [0.25, 0.3) is 0 Å². The van der Waals surface area contributed by atoms with Crippen molar-refractivity contribution in [1.82, 2.24) is 9.97 Å². The van der Waals surface area contributed by atoms with Gasteiger partial charge in [-0.25, -0.2) is 9.97 Å². The Morgan fingerprint density at radius 1 is 0.944 bits per heavy atom.